The predicted octanol–water partition coefficient (Wildman–Crippen LogP) is 1.56. The number of aromatic amines is 1. The number of aliphatic carboxylic acids is 1. The van der Waals surface area contributed by atoms with Gasteiger partial charge in [0.1, 0.15) is 11.9 Å². The number of imidazole rings is 1. The van der Waals surface area contributed by atoms with E-state index in [9.17, 15) is 14.7 Å². The van der Waals surface area contributed by atoms with Crippen molar-refractivity contribution in [2.45, 2.75) is 32.0 Å². The number of aromatic nitrogens is 4. The monoisotopic (exact) mass is 423 g/mol. The van der Waals surface area contributed by atoms with E-state index in [2.05, 4.69) is 35.9 Å². The lowest BCUT2D eigenvalue weighted by atomic mass is 10.1. The summed E-state index contributed by atoms with van der Waals surface area (Å²) in [6, 6.07) is 7.79. The van der Waals surface area contributed by atoms with Crippen molar-refractivity contribution in [1.29, 1.82) is 0 Å². The van der Waals surface area contributed by atoms with Crippen LogP contribution in [-0.2, 0) is 17.9 Å². The van der Waals surface area contributed by atoms with Crippen LogP contribution >= 0.6 is 0 Å². The van der Waals surface area contributed by atoms with E-state index in [1.807, 2.05) is 12.1 Å². The van der Waals surface area contributed by atoms with Gasteiger partial charge in [-0.3, -0.25) is 4.79 Å². The fourth-order valence-corrected chi connectivity index (χ4v) is 2.89. The smallest absolute Gasteiger partial charge is 0.326 e. The van der Waals surface area contributed by atoms with E-state index < -0.39 is 17.9 Å². The first-order chi connectivity index (χ1) is 15.1. The highest BCUT2D eigenvalue weighted by Gasteiger charge is 2.20. The fourth-order valence-electron chi connectivity index (χ4n) is 2.89. The molecule has 10 heteroatoms. The number of amides is 1. The van der Waals surface area contributed by atoms with E-state index >= 15 is 0 Å². The molecule has 1 amide bonds. The van der Waals surface area contributed by atoms with Crippen LogP contribution in [0, 0.1) is 0 Å². The number of rotatable bonds is 12. The quantitative estimate of drug-likeness (QED) is 0.276. The van der Waals surface area contributed by atoms with Gasteiger partial charge < -0.3 is 26.0 Å². The molecule has 3 rings (SSSR count). The maximum Gasteiger partial charge on any atom is 0.326 e. The molecule has 1 aromatic carbocycles. The number of hydrogen-bond acceptors (Lipinski definition) is 7. The number of carboxylic acids is 1. The minimum Gasteiger partial charge on any atom is -0.480 e. The van der Waals surface area contributed by atoms with Gasteiger partial charge in [0.15, 0.2) is 0 Å². The van der Waals surface area contributed by atoms with Crippen molar-refractivity contribution in [3.63, 3.8) is 0 Å². The third kappa shape index (κ3) is 7.19. The minimum absolute atomic E-state index is 0.287. The number of hydrogen-bond donors (Lipinski definition) is 5. The Morgan fingerprint density at radius 3 is 2.48 bits per heavy atom. The molecule has 31 heavy (non-hydrogen) atoms. The van der Waals surface area contributed by atoms with Crippen LogP contribution in [-0.4, -0.2) is 49.5 Å². The number of nitrogens with zero attached hydrogens (tertiary/aromatic N) is 3. The molecule has 1 atom stereocenters. The molecule has 2 aromatic heterocycles. The summed E-state index contributed by atoms with van der Waals surface area (Å²) >= 11 is 0. The number of anilines is 1. The van der Waals surface area contributed by atoms with Crippen LogP contribution < -0.4 is 16.0 Å². The highest BCUT2D eigenvalue weighted by atomic mass is 16.4. The normalized spacial score (nSPS) is 11.6. The van der Waals surface area contributed by atoms with Crippen molar-refractivity contribution in [3.05, 3.63) is 72.1 Å². The topological polar surface area (TPSA) is 145 Å². The molecule has 0 fully saturated rings. The number of H-pyrrole nitrogens is 1. The molecule has 10 nitrogen and oxygen atoms in total. The zero-order valence-electron chi connectivity index (χ0n) is 16.9. The van der Waals surface area contributed by atoms with Crippen LogP contribution in [0.2, 0.25) is 0 Å². The Kier molecular flexibility index (Phi) is 8.06. The Morgan fingerprint density at radius 2 is 1.81 bits per heavy atom. The average molecular weight is 423 g/mol. The molecule has 0 unspecified atom stereocenters. The van der Waals surface area contributed by atoms with Gasteiger partial charge in [-0.05, 0) is 36.6 Å². The van der Waals surface area contributed by atoms with Crippen LogP contribution in [0.3, 0.4) is 0 Å². The third-order valence-electron chi connectivity index (χ3n) is 4.51. The van der Waals surface area contributed by atoms with E-state index in [-0.39, 0.29) is 6.42 Å². The van der Waals surface area contributed by atoms with Gasteiger partial charge in [-0.25, -0.2) is 19.7 Å². The number of benzene rings is 1. The Bertz CT molecular complexity index is 947. The van der Waals surface area contributed by atoms with Gasteiger partial charge in [-0.15, -0.1) is 0 Å². The minimum atomic E-state index is -1.07. The van der Waals surface area contributed by atoms with Gasteiger partial charge in [0.05, 0.1) is 6.54 Å². The highest BCUT2D eigenvalue weighted by Crippen LogP contribution is 2.07. The average Bonchev–Trinajstić information content (AvgIpc) is 3.30. The van der Waals surface area contributed by atoms with Crippen molar-refractivity contribution in [2.24, 2.45) is 0 Å². The summed E-state index contributed by atoms with van der Waals surface area (Å²) in [5.41, 5.74) is 1.42. The summed E-state index contributed by atoms with van der Waals surface area (Å²) in [6.07, 6.45) is 7.53. The van der Waals surface area contributed by atoms with Gasteiger partial charge in [-0.1, -0.05) is 12.1 Å². The number of carbonyl (C=O) groups is 2. The molecule has 0 aliphatic heterocycles. The molecule has 0 spiro atoms. The zero-order valence-corrected chi connectivity index (χ0v) is 16.9. The largest absolute Gasteiger partial charge is 0.480 e. The van der Waals surface area contributed by atoms with Crippen LogP contribution in [0.15, 0.2) is 55.1 Å². The lowest BCUT2D eigenvalue weighted by Gasteiger charge is -2.15. The number of nitrogens with one attached hydrogen (secondary N) is 4. The number of carboxylic acid groups (broad SMARTS) is 1. The Hall–Kier alpha value is -3.79. The first kappa shape index (κ1) is 21.9. The third-order valence-corrected chi connectivity index (χ3v) is 4.51. The molecule has 0 saturated carbocycles. The van der Waals surface area contributed by atoms with E-state index in [4.69, 9.17) is 0 Å². The van der Waals surface area contributed by atoms with Crippen molar-refractivity contribution >= 4 is 17.8 Å². The molecule has 0 aliphatic carbocycles. The van der Waals surface area contributed by atoms with Crippen LogP contribution in [0.1, 0.15) is 34.6 Å². The fraction of sp³-hybridized carbons (Fsp3) is 0.286. The lowest BCUT2D eigenvalue weighted by Crippen LogP contribution is -2.41. The van der Waals surface area contributed by atoms with Crippen LogP contribution in [0.25, 0.3) is 0 Å². The molecule has 3 aromatic rings. The lowest BCUT2D eigenvalue weighted by molar-refractivity contribution is -0.139. The SMILES string of the molecule is O=C(N[C@@H](CCCNc1ncccn1)C(=O)O)c1ccc(CNCc2ncc[nH]2)cc1. The number of carbonyl (C=O) groups excluding carboxylic acids is 1. The first-order valence-electron chi connectivity index (χ1n) is 9.94. The van der Waals surface area contributed by atoms with Gasteiger partial charge in [0.2, 0.25) is 5.95 Å². The molecular formula is C21H25N7O3. The summed E-state index contributed by atoms with van der Waals surface area (Å²) in [4.78, 5) is 39.2. The Balaban J connectivity index is 1.43. The molecule has 162 valence electrons. The summed E-state index contributed by atoms with van der Waals surface area (Å²) < 4.78 is 0. The van der Waals surface area contributed by atoms with E-state index in [1.165, 1.54) is 0 Å². The highest BCUT2D eigenvalue weighted by molar-refractivity contribution is 5.96. The van der Waals surface area contributed by atoms with Crippen molar-refractivity contribution in [2.75, 3.05) is 11.9 Å². The second kappa shape index (κ2) is 11.4. The molecule has 0 bridgehead atoms. The maximum atomic E-state index is 12.5. The molecule has 0 radical (unpaired) electrons. The van der Waals surface area contributed by atoms with Crippen molar-refractivity contribution < 1.29 is 14.7 Å². The standard InChI is InChI=1S/C21H25N7O3/c29-19(16-6-4-15(5-7-16)13-22-14-18-23-11-12-24-18)28-17(20(30)31)3-1-8-25-21-26-9-2-10-27-21/h2,4-7,9-12,17,22H,1,3,8,13-14H2,(H,23,24)(H,28,29)(H,30,31)(H,25,26,27)/t17-/m0/s1. The molecule has 0 saturated heterocycles. The summed E-state index contributed by atoms with van der Waals surface area (Å²) in [7, 11) is 0. The van der Waals surface area contributed by atoms with Crippen molar-refractivity contribution in [3.8, 4) is 0 Å². The molecule has 2 heterocycles. The second-order valence-corrected chi connectivity index (χ2v) is 6.84. The first-order valence-corrected chi connectivity index (χ1v) is 9.94. The van der Waals surface area contributed by atoms with Crippen LogP contribution in [0.5, 0.6) is 0 Å². The second-order valence-electron chi connectivity index (χ2n) is 6.84. The van der Waals surface area contributed by atoms with E-state index in [0.717, 1.165) is 11.4 Å². The zero-order chi connectivity index (χ0) is 21.9. The summed E-state index contributed by atoms with van der Waals surface area (Å²) in [6.45, 7) is 1.74. The maximum absolute atomic E-state index is 12.5. The summed E-state index contributed by atoms with van der Waals surface area (Å²) in [5, 5.41) is 18.3. The summed E-state index contributed by atoms with van der Waals surface area (Å²) in [5.74, 6) is -0.149. The van der Waals surface area contributed by atoms with Crippen molar-refractivity contribution in [1.82, 2.24) is 30.6 Å². The van der Waals surface area contributed by atoms with Gasteiger partial charge >= 0.3 is 5.97 Å². The van der Waals surface area contributed by atoms with E-state index in [1.54, 1.807) is 43.0 Å². The predicted molar refractivity (Wildman–Crippen MR) is 114 cm³/mol. The molecule has 0 aliphatic rings. The Labute approximate surface area is 179 Å². The van der Waals surface area contributed by atoms with Gasteiger partial charge in [0.25, 0.3) is 5.91 Å². The Morgan fingerprint density at radius 1 is 1.03 bits per heavy atom. The van der Waals surface area contributed by atoms with Gasteiger partial charge in [-0.2, -0.15) is 0 Å². The molecular weight excluding hydrogens is 398 g/mol. The van der Waals surface area contributed by atoms with Gasteiger partial charge in [0, 0.05) is 43.4 Å². The molecule has 5 N–H and O–H groups in total. The van der Waals surface area contributed by atoms with Crippen LogP contribution in [0.4, 0.5) is 5.95 Å². The van der Waals surface area contributed by atoms with E-state index in [0.29, 0.717) is 37.6 Å².